The number of rotatable bonds is 3. The van der Waals surface area contributed by atoms with Crippen LogP contribution in [0.25, 0.3) is 18.2 Å². The van der Waals surface area contributed by atoms with E-state index in [1.807, 2.05) is 18.2 Å². The first-order chi connectivity index (χ1) is 6.65. The molecule has 0 aliphatic rings. The first kappa shape index (κ1) is 10.5. The van der Waals surface area contributed by atoms with Crippen molar-refractivity contribution in [3.63, 3.8) is 0 Å². The van der Waals surface area contributed by atoms with Gasteiger partial charge in [0.25, 0.3) is 0 Å². The van der Waals surface area contributed by atoms with Gasteiger partial charge in [0, 0.05) is 0 Å². The van der Waals surface area contributed by atoms with Gasteiger partial charge in [0.05, 0.1) is 0 Å². The molecule has 1 rings (SSSR count). The second-order valence-electron chi connectivity index (χ2n) is 3.35. The zero-order chi connectivity index (χ0) is 10.7. The number of hydrogen-bond donors (Lipinski definition) is 0. The predicted octanol–water partition coefficient (Wildman–Crippen LogP) is 4.23. The average Bonchev–Trinajstić information content (AvgIpc) is 2.20. The first-order valence-electron chi connectivity index (χ1n) is 4.67. The molecule has 0 bridgehead atoms. The molecule has 0 aromatic heterocycles. The second kappa shape index (κ2) is 4.10. The summed E-state index contributed by atoms with van der Waals surface area (Å²) in [6.07, 6.45) is 5.64. The van der Waals surface area contributed by atoms with Crippen LogP contribution in [0.5, 0.6) is 0 Å². The molecule has 0 heterocycles. The van der Waals surface area contributed by atoms with Gasteiger partial charge >= 0.3 is 0 Å². The Kier molecular flexibility index (Phi) is 3.08. The maximum Gasteiger partial charge on any atom is -0.0152 e. The molecule has 0 nitrogen and oxygen atoms in total. The molecule has 0 unspecified atom stereocenters. The van der Waals surface area contributed by atoms with Gasteiger partial charge in [-0.3, -0.25) is 0 Å². The highest BCUT2D eigenvalue weighted by Gasteiger charge is 2.06. The fourth-order valence-electron chi connectivity index (χ4n) is 1.74. The Balaban J connectivity index is 3.63. The van der Waals surface area contributed by atoms with E-state index in [9.17, 15) is 0 Å². The summed E-state index contributed by atoms with van der Waals surface area (Å²) in [4.78, 5) is 0. The zero-order valence-electron chi connectivity index (χ0n) is 8.93. The molecule has 0 N–H and O–H groups in total. The third-order valence-electron chi connectivity index (χ3n) is 2.55. The van der Waals surface area contributed by atoms with E-state index in [2.05, 4.69) is 39.7 Å². The van der Waals surface area contributed by atoms with Gasteiger partial charge in [0.15, 0.2) is 0 Å². The Hall–Kier alpha value is -1.56. The molecule has 0 fully saturated rings. The van der Waals surface area contributed by atoms with Crippen LogP contribution in [0.1, 0.15) is 27.8 Å². The van der Waals surface area contributed by atoms with E-state index in [0.29, 0.717) is 0 Å². The van der Waals surface area contributed by atoms with Crippen molar-refractivity contribution in [2.24, 2.45) is 0 Å². The second-order valence-corrected chi connectivity index (χ2v) is 3.35. The van der Waals surface area contributed by atoms with Crippen molar-refractivity contribution >= 4 is 18.2 Å². The van der Waals surface area contributed by atoms with E-state index in [0.717, 1.165) is 5.56 Å². The SMILES string of the molecule is C=Cc1cc(C)c(C=C)c(C=C)c1C. The van der Waals surface area contributed by atoms with Gasteiger partial charge in [-0.2, -0.15) is 0 Å². The molecule has 0 radical (unpaired) electrons. The lowest BCUT2D eigenvalue weighted by Gasteiger charge is -2.12. The van der Waals surface area contributed by atoms with Crippen LogP contribution >= 0.6 is 0 Å². The van der Waals surface area contributed by atoms with Crippen LogP contribution in [-0.2, 0) is 0 Å². The molecule has 0 amide bonds. The third-order valence-corrected chi connectivity index (χ3v) is 2.55. The molecule has 0 aliphatic carbocycles. The zero-order valence-corrected chi connectivity index (χ0v) is 8.93. The van der Waals surface area contributed by atoms with Crippen molar-refractivity contribution in [1.29, 1.82) is 0 Å². The lowest BCUT2D eigenvalue weighted by Crippen LogP contribution is -1.93. The summed E-state index contributed by atoms with van der Waals surface area (Å²) in [7, 11) is 0. The van der Waals surface area contributed by atoms with E-state index in [1.165, 1.54) is 22.3 Å². The van der Waals surface area contributed by atoms with Crippen LogP contribution in [0.3, 0.4) is 0 Å². The van der Waals surface area contributed by atoms with Gasteiger partial charge < -0.3 is 0 Å². The van der Waals surface area contributed by atoms with E-state index in [4.69, 9.17) is 0 Å². The highest BCUT2D eigenvalue weighted by atomic mass is 14.1. The fourth-order valence-corrected chi connectivity index (χ4v) is 1.74. The van der Waals surface area contributed by atoms with Gasteiger partial charge in [0.1, 0.15) is 0 Å². The number of hydrogen-bond acceptors (Lipinski definition) is 0. The molecule has 0 atom stereocenters. The standard InChI is InChI=1S/C14H16/c1-6-12-9-10(4)13(7-2)14(8-3)11(12)5/h6-9H,1-3H2,4-5H3. The monoisotopic (exact) mass is 184 g/mol. The molecule has 0 aliphatic heterocycles. The maximum atomic E-state index is 3.83. The Labute approximate surface area is 86.3 Å². The first-order valence-corrected chi connectivity index (χ1v) is 4.67. The quantitative estimate of drug-likeness (QED) is 0.659. The highest BCUT2D eigenvalue weighted by Crippen LogP contribution is 2.25. The summed E-state index contributed by atoms with van der Waals surface area (Å²) in [5.41, 5.74) is 5.94. The lowest BCUT2D eigenvalue weighted by molar-refractivity contribution is 1.34. The Morgan fingerprint density at radius 1 is 0.929 bits per heavy atom. The van der Waals surface area contributed by atoms with E-state index in [-0.39, 0.29) is 0 Å². The number of benzene rings is 1. The molecule has 72 valence electrons. The van der Waals surface area contributed by atoms with Crippen LogP contribution in [0.2, 0.25) is 0 Å². The van der Waals surface area contributed by atoms with Crippen LogP contribution in [0.4, 0.5) is 0 Å². The predicted molar refractivity (Wildman–Crippen MR) is 66.2 cm³/mol. The van der Waals surface area contributed by atoms with Gasteiger partial charge in [-0.25, -0.2) is 0 Å². The van der Waals surface area contributed by atoms with Crippen molar-refractivity contribution < 1.29 is 0 Å². The third kappa shape index (κ3) is 1.56. The summed E-state index contributed by atoms with van der Waals surface area (Å²) in [6.45, 7) is 15.6. The van der Waals surface area contributed by atoms with Gasteiger partial charge in [-0.1, -0.05) is 44.0 Å². The van der Waals surface area contributed by atoms with Crippen LogP contribution in [0, 0.1) is 13.8 Å². The molecule has 14 heavy (non-hydrogen) atoms. The van der Waals surface area contributed by atoms with Crippen molar-refractivity contribution in [2.75, 3.05) is 0 Å². The Bertz CT molecular complexity index is 395. The van der Waals surface area contributed by atoms with Gasteiger partial charge in [-0.15, -0.1) is 0 Å². The minimum absolute atomic E-state index is 1.16. The molecule has 0 saturated heterocycles. The normalized spacial score (nSPS) is 9.57. The van der Waals surface area contributed by atoms with Gasteiger partial charge in [0.2, 0.25) is 0 Å². The largest absolute Gasteiger partial charge is 0.0985 e. The topological polar surface area (TPSA) is 0 Å². The molecule has 1 aromatic carbocycles. The minimum Gasteiger partial charge on any atom is -0.0985 e. The Morgan fingerprint density at radius 2 is 1.50 bits per heavy atom. The molecule has 0 spiro atoms. The van der Waals surface area contributed by atoms with Crippen molar-refractivity contribution in [1.82, 2.24) is 0 Å². The number of aryl methyl sites for hydroxylation is 1. The fraction of sp³-hybridized carbons (Fsp3) is 0.143. The summed E-state index contributed by atoms with van der Waals surface area (Å²) in [5.74, 6) is 0. The van der Waals surface area contributed by atoms with E-state index in [1.54, 1.807) is 0 Å². The average molecular weight is 184 g/mol. The highest BCUT2D eigenvalue weighted by molar-refractivity contribution is 5.73. The van der Waals surface area contributed by atoms with Crippen molar-refractivity contribution in [2.45, 2.75) is 13.8 Å². The molecule has 1 aromatic rings. The molecular formula is C14H16. The molecular weight excluding hydrogens is 168 g/mol. The minimum atomic E-state index is 1.16. The molecule has 0 heteroatoms. The summed E-state index contributed by atoms with van der Waals surface area (Å²) >= 11 is 0. The maximum absolute atomic E-state index is 3.83. The summed E-state index contributed by atoms with van der Waals surface area (Å²) in [6, 6.07) is 2.13. The molecule has 0 saturated carbocycles. The van der Waals surface area contributed by atoms with Crippen molar-refractivity contribution in [3.05, 3.63) is 53.6 Å². The van der Waals surface area contributed by atoms with E-state index < -0.39 is 0 Å². The van der Waals surface area contributed by atoms with Crippen LogP contribution < -0.4 is 0 Å². The lowest BCUT2D eigenvalue weighted by atomic mass is 9.93. The Morgan fingerprint density at radius 3 is 1.93 bits per heavy atom. The van der Waals surface area contributed by atoms with Crippen LogP contribution in [-0.4, -0.2) is 0 Å². The summed E-state index contributed by atoms with van der Waals surface area (Å²) in [5, 5.41) is 0. The summed E-state index contributed by atoms with van der Waals surface area (Å²) < 4.78 is 0. The van der Waals surface area contributed by atoms with Gasteiger partial charge in [-0.05, 0) is 41.7 Å². The van der Waals surface area contributed by atoms with Crippen molar-refractivity contribution in [3.8, 4) is 0 Å². The van der Waals surface area contributed by atoms with Crippen LogP contribution in [0.15, 0.2) is 25.8 Å². The smallest absolute Gasteiger partial charge is 0.0152 e. The van der Waals surface area contributed by atoms with E-state index >= 15 is 0 Å².